The number of carbonyl (C=O) groups is 2. The van der Waals surface area contributed by atoms with Crippen molar-refractivity contribution in [3.05, 3.63) is 113 Å². The molecule has 3 aromatic rings. The molecule has 1 aliphatic rings. The van der Waals surface area contributed by atoms with Crippen LogP contribution >= 0.6 is 0 Å². The Labute approximate surface area is 206 Å². The third-order valence-corrected chi connectivity index (χ3v) is 6.69. The Morgan fingerprint density at radius 1 is 0.971 bits per heavy atom. The molecule has 7 nitrogen and oxygen atoms in total. The number of hydrogen-bond donors (Lipinski definition) is 3. The number of rotatable bonds is 9. The average molecular weight is 498 g/mol. The summed E-state index contributed by atoms with van der Waals surface area (Å²) in [4.78, 5) is 25.8. The van der Waals surface area contributed by atoms with Crippen LogP contribution in [0.4, 0.5) is 10.1 Å². The molecule has 3 aromatic carbocycles. The summed E-state index contributed by atoms with van der Waals surface area (Å²) in [5.74, 6) is -1.47. The van der Waals surface area contributed by atoms with E-state index in [1.807, 2.05) is 30.3 Å². The van der Waals surface area contributed by atoms with Crippen LogP contribution in [0.15, 0.2) is 101 Å². The molecule has 0 bridgehead atoms. The maximum Gasteiger partial charge on any atom is 0.262 e. The van der Waals surface area contributed by atoms with Crippen LogP contribution in [0.25, 0.3) is 0 Å². The Hall–Kier alpha value is -4.20. The van der Waals surface area contributed by atoms with E-state index in [9.17, 15) is 22.4 Å². The van der Waals surface area contributed by atoms with Gasteiger partial charge in [0, 0.05) is 28.4 Å². The lowest BCUT2D eigenvalue weighted by atomic mass is 10.0. The molecule has 4 rings (SSSR count). The van der Waals surface area contributed by atoms with Crippen LogP contribution in [0, 0.1) is 5.82 Å². The summed E-state index contributed by atoms with van der Waals surface area (Å²) >= 11 is 0. The molecule has 1 aliphatic carbocycles. The van der Waals surface area contributed by atoms with E-state index >= 15 is 0 Å². The second-order valence-corrected chi connectivity index (χ2v) is 9.56. The molecule has 0 heterocycles. The van der Waals surface area contributed by atoms with Crippen molar-refractivity contribution >= 4 is 27.5 Å². The van der Waals surface area contributed by atoms with Gasteiger partial charge in [0.15, 0.2) is 0 Å². The van der Waals surface area contributed by atoms with Crippen LogP contribution in [0.5, 0.6) is 0 Å². The van der Waals surface area contributed by atoms with E-state index in [1.54, 1.807) is 6.08 Å². The number of halogens is 1. The average Bonchev–Trinajstić information content (AvgIpc) is 2.82. The first-order valence-electron chi connectivity index (χ1n) is 10.8. The van der Waals surface area contributed by atoms with Crippen molar-refractivity contribution < 1.29 is 26.7 Å². The van der Waals surface area contributed by atoms with E-state index in [1.165, 1.54) is 48.5 Å². The molecule has 0 aliphatic heterocycles. The van der Waals surface area contributed by atoms with Gasteiger partial charge in [0.2, 0.25) is 5.91 Å². The third kappa shape index (κ3) is 6.23. The molecule has 0 spiro atoms. The van der Waals surface area contributed by atoms with Crippen LogP contribution in [-0.2, 0) is 21.2 Å². The maximum absolute atomic E-state index is 13.2. The highest BCUT2D eigenvalue weighted by molar-refractivity contribution is 7.89. The first kappa shape index (κ1) is 23.9. The van der Waals surface area contributed by atoms with E-state index in [0.717, 1.165) is 5.56 Å². The lowest BCUT2D eigenvalue weighted by Gasteiger charge is -2.19. The van der Waals surface area contributed by atoms with Gasteiger partial charge in [-0.2, -0.15) is 0 Å². The van der Waals surface area contributed by atoms with Crippen molar-refractivity contribution in [2.24, 2.45) is 0 Å². The molecule has 0 radical (unpaired) electrons. The largest absolute Gasteiger partial charge is 0.340 e. The second kappa shape index (κ2) is 10.4. The minimum Gasteiger partial charge on any atom is -0.340 e. The van der Waals surface area contributed by atoms with Gasteiger partial charge in [0.05, 0.1) is 10.6 Å². The normalized spacial score (nSPS) is 13.2. The highest BCUT2D eigenvalue weighted by atomic mass is 32.2. The lowest BCUT2D eigenvalue weighted by molar-refractivity contribution is -0.118. The van der Waals surface area contributed by atoms with Gasteiger partial charge in [0.25, 0.3) is 15.9 Å². The van der Waals surface area contributed by atoms with Gasteiger partial charge < -0.3 is 10.6 Å². The Balaban J connectivity index is 0.00000241. The molecule has 1 atom stereocenters. The molecule has 3 N–H and O–H groups in total. The highest BCUT2D eigenvalue weighted by Gasteiger charge is 2.23. The minimum absolute atomic E-state index is 0. The Morgan fingerprint density at radius 2 is 1.63 bits per heavy atom. The number of benzene rings is 3. The zero-order valence-electron chi connectivity index (χ0n) is 18.5. The van der Waals surface area contributed by atoms with E-state index < -0.39 is 33.7 Å². The SMILES string of the molecule is O=C(N[C@@H](Cc1ccccc1)C(=O)Nc1ccc(S(=O)(=O)NC2=C=CC2)cc1)c1ccc(F)cc1.[HH].[HH].[HH]. The number of carbonyl (C=O) groups excluding carboxylic acids is 2. The summed E-state index contributed by atoms with van der Waals surface area (Å²) in [6, 6.07) is 19.0. The van der Waals surface area contributed by atoms with Crippen molar-refractivity contribution in [1.82, 2.24) is 10.0 Å². The van der Waals surface area contributed by atoms with Gasteiger partial charge in [-0.15, -0.1) is 5.73 Å². The molecule has 35 heavy (non-hydrogen) atoms. The predicted octanol–water partition coefficient (Wildman–Crippen LogP) is 4.26. The zero-order chi connectivity index (χ0) is 24.8. The van der Waals surface area contributed by atoms with Crippen LogP contribution < -0.4 is 15.4 Å². The number of amides is 2. The lowest BCUT2D eigenvalue weighted by Crippen LogP contribution is -2.45. The fourth-order valence-electron chi connectivity index (χ4n) is 3.35. The molecule has 2 amide bonds. The minimum atomic E-state index is -3.74. The first-order chi connectivity index (χ1) is 16.8. The maximum atomic E-state index is 13.2. The molecule has 0 unspecified atom stereocenters. The zero-order valence-corrected chi connectivity index (χ0v) is 19.3. The van der Waals surface area contributed by atoms with Gasteiger partial charge in [-0.25, -0.2) is 12.8 Å². The number of sulfonamides is 1. The molecular formula is C26H28FN3O4S. The molecule has 0 saturated heterocycles. The first-order valence-corrected chi connectivity index (χ1v) is 12.3. The topological polar surface area (TPSA) is 104 Å². The van der Waals surface area contributed by atoms with Crippen molar-refractivity contribution in [1.29, 1.82) is 0 Å². The van der Waals surface area contributed by atoms with Crippen molar-refractivity contribution in [3.8, 4) is 0 Å². The summed E-state index contributed by atoms with van der Waals surface area (Å²) in [7, 11) is -3.74. The molecule has 0 saturated carbocycles. The van der Waals surface area contributed by atoms with Gasteiger partial charge in [0.1, 0.15) is 11.9 Å². The molecular weight excluding hydrogens is 469 g/mol. The smallest absolute Gasteiger partial charge is 0.262 e. The number of hydrogen-bond acceptors (Lipinski definition) is 4. The molecule has 0 aromatic heterocycles. The van der Waals surface area contributed by atoms with Gasteiger partial charge in [-0.1, -0.05) is 30.3 Å². The van der Waals surface area contributed by atoms with E-state index in [2.05, 4.69) is 21.1 Å². The molecule has 9 heteroatoms. The standard InChI is InChI=1S/C26H22FN3O4S.3H2/c27-20-11-9-19(10-12-20)25(31)29-24(17-18-5-2-1-3-6-18)26(32)28-21-13-15-23(16-14-21)35(33,34)30-22-7-4-8-22;;;/h1-6,9-16,24,30H,7,17H2,(H,28,32)(H,29,31);3*1H/t24-;;;/m0.../s1. The van der Waals surface area contributed by atoms with Crippen molar-refractivity contribution in [3.63, 3.8) is 0 Å². The fourth-order valence-corrected chi connectivity index (χ4v) is 4.42. The third-order valence-electron chi connectivity index (χ3n) is 5.28. The predicted molar refractivity (Wildman–Crippen MR) is 136 cm³/mol. The Kier molecular flexibility index (Phi) is 7.10. The monoisotopic (exact) mass is 497 g/mol. The van der Waals surface area contributed by atoms with Crippen LogP contribution in [0.3, 0.4) is 0 Å². The molecule has 0 fully saturated rings. The summed E-state index contributed by atoms with van der Waals surface area (Å²) in [6.45, 7) is 0. The van der Waals surface area contributed by atoms with Crippen LogP contribution in [0.1, 0.15) is 26.6 Å². The van der Waals surface area contributed by atoms with E-state index in [-0.39, 0.29) is 21.2 Å². The van der Waals surface area contributed by atoms with Crippen LogP contribution in [0.2, 0.25) is 0 Å². The van der Waals surface area contributed by atoms with Gasteiger partial charge in [-0.3, -0.25) is 14.3 Å². The summed E-state index contributed by atoms with van der Waals surface area (Å²) < 4.78 is 40.5. The summed E-state index contributed by atoms with van der Waals surface area (Å²) in [5.41, 5.74) is 4.67. The molecule has 184 valence electrons. The second-order valence-electron chi connectivity index (χ2n) is 7.87. The van der Waals surface area contributed by atoms with Crippen molar-refractivity contribution in [2.45, 2.75) is 23.8 Å². The fraction of sp³-hybridized carbons (Fsp3) is 0.115. The number of nitrogens with one attached hydrogen (secondary N) is 3. The highest BCUT2D eigenvalue weighted by Crippen LogP contribution is 2.17. The quantitative estimate of drug-likeness (QED) is 0.384. The summed E-state index contributed by atoms with van der Waals surface area (Å²) in [5, 5.41) is 5.42. The summed E-state index contributed by atoms with van der Waals surface area (Å²) in [6.07, 6.45) is 2.45. The van der Waals surface area contributed by atoms with Crippen molar-refractivity contribution in [2.75, 3.05) is 5.32 Å². The van der Waals surface area contributed by atoms with E-state index in [0.29, 0.717) is 17.8 Å². The van der Waals surface area contributed by atoms with Crippen LogP contribution in [-0.4, -0.2) is 26.3 Å². The van der Waals surface area contributed by atoms with Gasteiger partial charge >= 0.3 is 0 Å². The Morgan fingerprint density at radius 3 is 2.23 bits per heavy atom. The number of anilines is 1. The van der Waals surface area contributed by atoms with Gasteiger partial charge in [-0.05, 0) is 60.2 Å². The Bertz CT molecular complexity index is 1410. The van der Waals surface area contributed by atoms with E-state index in [4.69, 9.17) is 0 Å².